The lowest BCUT2D eigenvalue weighted by molar-refractivity contribution is 0.0972. The Labute approximate surface area is 177 Å². The van der Waals surface area contributed by atoms with Crippen LogP contribution in [0, 0.1) is 0 Å². The Morgan fingerprint density at radius 3 is 2.20 bits per heavy atom. The molecule has 1 saturated heterocycles. The van der Waals surface area contributed by atoms with Gasteiger partial charge in [0, 0.05) is 37.1 Å². The normalized spacial score (nSPS) is 14.3. The SMILES string of the molecule is CC.CN1CCN(c2c(N)c(=O)n(CC(=O)c3ccccc3)c3ccccc23)CC1. The van der Waals surface area contributed by atoms with Crippen molar-refractivity contribution in [1.82, 2.24) is 9.47 Å². The molecular formula is C24H30N4O2. The first-order valence-corrected chi connectivity index (χ1v) is 10.5. The number of hydrogen-bond acceptors (Lipinski definition) is 5. The molecule has 158 valence electrons. The van der Waals surface area contributed by atoms with E-state index in [2.05, 4.69) is 16.8 Å². The number of nitrogens with zero attached hydrogens (tertiary/aromatic N) is 3. The number of ketones is 1. The van der Waals surface area contributed by atoms with Crippen molar-refractivity contribution in [2.45, 2.75) is 20.4 Å². The number of pyridine rings is 1. The van der Waals surface area contributed by atoms with E-state index in [-0.39, 0.29) is 23.6 Å². The number of carbonyl (C=O) groups is 1. The molecule has 0 radical (unpaired) electrons. The number of hydrogen-bond donors (Lipinski definition) is 1. The van der Waals surface area contributed by atoms with Crippen LogP contribution in [0.2, 0.25) is 0 Å². The molecule has 3 aromatic rings. The topological polar surface area (TPSA) is 71.6 Å². The van der Waals surface area contributed by atoms with Crippen LogP contribution in [0.4, 0.5) is 11.4 Å². The van der Waals surface area contributed by atoms with E-state index in [9.17, 15) is 9.59 Å². The summed E-state index contributed by atoms with van der Waals surface area (Å²) in [6.45, 7) is 7.44. The van der Waals surface area contributed by atoms with Crippen LogP contribution in [-0.2, 0) is 6.54 Å². The molecule has 30 heavy (non-hydrogen) atoms. The number of Topliss-reactive ketones (excluding diaryl/α,β-unsaturated/α-hetero) is 1. The summed E-state index contributed by atoms with van der Waals surface area (Å²) < 4.78 is 1.50. The third-order valence-electron chi connectivity index (χ3n) is 5.40. The van der Waals surface area contributed by atoms with Gasteiger partial charge in [0.2, 0.25) is 0 Å². The zero-order valence-electron chi connectivity index (χ0n) is 18.0. The molecule has 6 nitrogen and oxygen atoms in total. The number of nitrogens with two attached hydrogens (primary N) is 1. The van der Waals surface area contributed by atoms with Crippen molar-refractivity contribution < 1.29 is 4.79 Å². The Kier molecular flexibility index (Phi) is 6.90. The minimum absolute atomic E-state index is 0.0312. The summed E-state index contributed by atoms with van der Waals surface area (Å²) >= 11 is 0. The highest BCUT2D eigenvalue weighted by Gasteiger charge is 2.23. The van der Waals surface area contributed by atoms with Gasteiger partial charge in [0.1, 0.15) is 5.69 Å². The van der Waals surface area contributed by atoms with E-state index in [0.717, 1.165) is 42.8 Å². The van der Waals surface area contributed by atoms with Gasteiger partial charge >= 0.3 is 0 Å². The molecule has 1 aliphatic rings. The highest BCUT2D eigenvalue weighted by Crippen LogP contribution is 2.31. The number of aromatic nitrogens is 1. The van der Waals surface area contributed by atoms with E-state index in [1.807, 2.05) is 56.3 Å². The molecule has 2 heterocycles. The second kappa shape index (κ2) is 9.59. The number of anilines is 2. The number of fused-ring (bicyclic) bond motifs is 1. The summed E-state index contributed by atoms with van der Waals surface area (Å²) in [4.78, 5) is 30.3. The highest BCUT2D eigenvalue weighted by molar-refractivity contribution is 6.00. The molecule has 1 aliphatic heterocycles. The van der Waals surface area contributed by atoms with Crippen molar-refractivity contribution in [2.24, 2.45) is 0 Å². The van der Waals surface area contributed by atoms with Gasteiger partial charge in [-0.2, -0.15) is 0 Å². The Hall–Kier alpha value is -3.12. The fourth-order valence-electron chi connectivity index (χ4n) is 3.80. The van der Waals surface area contributed by atoms with Gasteiger partial charge in [-0.05, 0) is 13.1 Å². The molecule has 1 aromatic heterocycles. The molecule has 0 spiro atoms. The largest absolute Gasteiger partial charge is 0.393 e. The Balaban J connectivity index is 0.00000124. The number of rotatable bonds is 4. The second-order valence-corrected chi connectivity index (χ2v) is 7.25. The molecule has 0 atom stereocenters. The monoisotopic (exact) mass is 406 g/mol. The average molecular weight is 407 g/mol. The first kappa shape index (κ1) is 21.6. The third-order valence-corrected chi connectivity index (χ3v) is 5.40. The summed E-state index contributed by atoms with van der Waals surface area (Å²) in [5, 5.41) is 0.907. The molecule has 2 N–H and O–H groups in total. The van der Waals surface area contributed by atoms with E-state index in [1.165, 1.54) is 4.57 Å². The summed E-state index contributed by atoms with van der Waals surface area (Å²) in [5.41, 5.74) is 8.34. The summed E-state index contributed by atoms with van der Waals surface area (Å²) in [5.74, 6) is -0.111. The fourth-order valence-corrected chi connectivity index (χ4v) is 3.80. The number of piperazine rings is 1. The highest BCUT2D eigenvalue weighted by atomic mass is 16.1. The number of nitrogen functional groups attached to an aromatic ring is 1. The van der Waals surface area contributed by atoms with Gasteiger partial charge in [-0.25, -0.2) is 0 Å². The fraction of sp³-hybridized carbons (Fsp3) is 0.333. The minimum atomic E-state index is -0.308. The number of benzene rings is 2. The molecule has 1 fully saturated rings. The lowest BCUT2D eigenvalue weighted by atomic mass is 10.1. The summed E-state index contributed by atoms with van der Waals surface area (Å²) in [7, 11) is 2.09. The number of carbonyl (C=O) groups excluding carboxylic acids is 1. The summed E-state index contributed by atoms with van der Waals surface area (Å²) in [6, 6.07) is 16.7. The average Bonchev–Trinajstić information content (AvgIpc) is 2.80. The standard InChI is InChI=1S/C22H24N4O2.C2H6/c1-24-11-13-25(14-12-24)21-17-9-5-6-10-18(17)26(22(28)20(21)23)15-19(27)16-7-3-2-4-8-16;1-2/h2-10H,11-15,23H2,1H3;1-2H3. The van der Waals surface area contributed by atoms with Crippen LogP contribution in [0.15, 0.2) is 59.4 Å². The summed E-state index contributed by atoms with van der Waals surface area (Å²) in [6.07, 6.45) is 0. The van der Waals surface area contributed by atoms with Crippen molar-refractivity contribution in [2.75, 3.05) is 43.9 Å². The van der Waals surface area contributed by atoms with Crippen molar-refractivity contribution >= 4 is 28.1 Å². The molecule has 2 aromatic carbocycles. The van der Waals surface area contributed by atoms with Gasteiger partial charge < -0.3 is 15.5 Å². The molecular weight excluding hydrogens is 376 g/mol. The maximum Gasteiger partial charge on any atom is 0.276 e. The van der Waals surface area contributed by atoms with E-state index in [0.29, 0.717) is 5.56 Å². The Morgan fingerprint density at radius 1 is 0.933 bits per heavy atom. The zero-order valence-corrected chi connectivity index (χ0v) is 18.0. The van der Waals surface area contributed by atoms with Crippen molar-refractivity contribution in [3.05, 3.63) is 70.5 Å². The van der Waals surface area contributed by atoms with Crippen molar-refractivity contribution in [1.29, 1.82) is 0 Å². The van der Waals surface area contributed by atoms with E-state index in [4.69, 9.17) is 5.73 Å². The van der Waals surface area contributed by atoms with Crippen LogP contribution >= 0.6 is 0 Å². The zero-order chi connectivity index (χ0) is 21.7. The molecule has 4 rings (SSSR count). The Morgan fingerprint density at radius 2 is 1.53 bits per heavy atom. The van der Waals surface area contributed by atoms with Crippen LogP contribution < -0.4 is 16.2 Å². The molecule has 0 unspecified atom stereocenters. The van der Waals surface area contributed by atoms with Gasteiger partial charge in [0.15, 0.2) is 5.78 Å². The van der Waals surface area contributed by atoms with Crippen LogP contribution in [-0.4, -0.2) is 48.5 Å². The smallest absolute Gasteiger partial charge is 0.276 e. The number of likely N-dealkylation sites (N-methyl/N-ethyl adjacent to an activating group) is 1. The Bertz CT molecular complexity index is 1070. The third kappa shape index (κ3) is 4.24. The van der Waals surface area contributed by atoms with E-state index < -0.39 is 0 Å². The molecule has 0 aliphatic carbocycles. The van der Waals surface area contributed by atoms with Gasteiger partial charge in [-0.15, -0.1) is 0 Å². The first-order chi connectivity index (χ1) is 14.6. The van der Waals surface area contributed by atoms with Crippen molar-refractivity contribution in [3.8, 4) is 0 Å². The lowest BCUT2D eigenvalue weighted by Crippen LogP contribution is -2.45. The van der Waals surface area contributed by atoms with Gasteiger partial charge in [0.05, 0.1) is 17.7 Å². The minimum Gasteiger partial charge on any atom is -0.393 e. The molecule has 0 amide bonds. The van der Waals surface area contributed by atoms with Crippen molar-refractivity contribution in [3.63, 3.8) is 0 Å². The van der Waals surface area contributed by atoms with Crippen LogP contribution in [0.5, 0.6) is 0 Å². The predicted molar refractivity (Wildman–Crippen MR) is 124 cm³/mol. The van der Waals surface area contributed by atoms with Crippen LogP contribution in [0.3, 0.4) is 0 Å². The van der Waals surface area contributed by atoms with Crippen LogP contribution in [0.25, 0.3) is 10.9 Å². The quantitative estimate of drug-likeness (QED) is 0.674. The predicted octanol–water partition coefficient (Wildman–Crippen LogP) is 3.24. The van der Waals surface area contributed by atoms with Gasteiger partial charge in [-0.1, -0.05) is 62.4 Å². The van der Waals surface area contributed by atoms with Gasteiger partial charge in [-0.3, -0.25) is 14.2 Å². The van der Waals surface area contributed by atoms with Crippen LogP contribution in [0.1, 0.15) is 24.2 Å². The van der Waals surface area contributed by atoms with Gasteiger partial charge in [0.25, 0.3) is 5.56 Å². The molecule has 0 bridgehead atoms. The van der Waals surface area contributed by atoms with E-state index >= 15 is 0 Å². The van der Waals surface area contributed by atoms with E-state index in [1.54, 1.807) is 12.1 Å². The maximum atomic E-state index is 13.1. The number of para-hydroxylation sites is 1. The first-order valence-electron chi connectivity index (χ1n) is 10.5. The maximum absolute atomic E-state index is 13.1. The molecule has 0 saturated carbocycles. The lowest BCUT2D eigenvalue weighted by Gasteiger charge is -2.35. The second-order valence-electron chi connectivity index (χ2n) is 7.25. The molecule has 6 heteroatoms.